The molecule has 0 unspecified atom stereocenters. The van der Waals surface area contributed by atoms with Crippen LogP contribution in [0.1, 0.15) is 48.4 Å². The minimum absolute atomic E-state index is 0.0741. The molecule has 1 aliphatic heterocycles. The Morgan fingerprint density at radius 2 is 1.49 bits per heavy atom. The smallest absolute Gasteiger partial charge is 0.311 e. The number of aliphatic hydroxyl groups is 1. The van der Waals surface area contributed by atoms with Gasteiger partial charge in [0.2, 0.25) is 0 Å². The van der Waals surface area contributed by atoms with Gasteiger partial charge in [-0.3, -0.25) is 9.35 Å². The molecule has 0 spiro atoms. The first-order chi connectivity index (χ1) is 22.5. The second-order valence-electron chi connectivity index (χ2n) is 11.5. The van der Waals surface area contributed by atoms with Gasteiger partial charge in [-0.05, 0) is 66.8 Å². The molecule has 0 saturated carbocycles. The number of quaternary nitrogens is 1. The van der Waals surface area contributed by atoms with Crippen LogP contribution in [-0.2, 0) is 32.5 Å². The molecule has 47 heavy (non-hydrogen) atoms. The fraction of sp³-hybridized carbons (Fsp3) is 0.457. The first-order valence-corrected chi connectivity index (χ1v) is 17.0. The van der Waals surface area contributed by atoms with Crippen LogP contribution in [0.5, 0.6) is 23.0 Å². The number of methoxy groups -OCH3 is 4. The van der Waals surface area contributed by atoms with Gasteiger partial charge in [-0.1, -0.05) is 24.3 Å². The molecule has 0 bridgehead atoms. The number of rotatable bonds is 15. The first-order valence-electron chi connectivity index (χ1n) is 15.6. The summed E-state index contributed by atoms with van der Waals surface area (Å²) in [6, 6.07) is 17.7. The third-order valence-electron chi connectivity index (χ3n) is 8.46. The van der Waals surface area contributed by atoms with Crippen molar-refractivity contribution in [3.05, 3.63) is 77.4 Å². The number of likely N-dealkylation sites (N-methyl/N-ethyl adjacent to an activating group) is 1. The number of benzene rings is 3. The Bertz CT molecular complexity index is 1550. The van der Waals surface area contributed by atoms with E-state index >= 15 is 0 Å². The summed E-state index contributed by atoms with van der Waals surface area (Å²) in [4.78, 5) is 12.5. The Hall–Kier alpha value is -3.84. The summed E-state index contributed by atoms with van der Waals surface area (Å²) in [6.45, 7) is 2.13. The summed E-state index contributed by atoms with van der Waals surface area (Å²) in [5.41, 5.74) is 3.57. The van der Waals surface area contributed by atoms with E-state index in [9.17, 15) is 13.2 Å². The van der Waals surface area contributed by atoms with E-state index in [4.69, 9.17) is 33.3 Å². The van der Waals surface area contributed by atoms with Crippen LogP contribution in [0, 0.1) is 0 Å². The lowest BCUT2D eigenvalue weighted by Gasteiger charge is -2.46. The predicted octanol–water partition coefficient (Wildman–Crippen LogP) is 5.04. The van der Waals surface area contributed by atoms with Gasteiger partial charge in [-0.25, -0.2) is 0 Å². The van der Waals surface area contributed by atoms with E-state index in [1.165, 1.54) is 23.3 Å². The average Bonchev–Trinajstić information content (AvgIpc) is 3.08. The van der Waals surface area contributed by atoms with Crippen molar-refractivity contribution in [2.45, 2.75) is 49.5 Å². The van der Waals surface area contributed by atoms with Crippen molar-refractivity contribution in [3.63, 3.8) is 0 Å². The van der Waals surface area contributed by atoms with Crippen LogP contribution in [0.25, 0.3) is 0 Å². The molecule has 0 amide bonds. The summed E-state index contributed by atoms with van der Waals surface area (Å²) in [7, 11) is 4.81. The van der Waals surface area contributed by atoms with Gasteiger partial charge in [0.1, 0.15) is 6.04 Å². The number of hydrogen-bond donors (Lipinski definition) is 2. The van der Waals surface area contributed by atoms with Crippen molar-refractivity contribution in [2.24, 2.45) is 0 Å². The van der Waals surface area contributed by atoms with Crippen molar-refractivity contribution in [1.29, 1.82) is 0 Å². The van der Waals surface area contributed by atoms with Crippen LogP contribution in [-0.4, -0.2) is 90.3 Å². The highest BCUT2D eigenvalue weighted by molar-refractivity contribution is 7.85. The zero-order valence-corrected chi connectivity index (χ0v) is 28.8. The molecule has 1 aliphatic rings. The Morgan fingerprint density at radius 3 is 2.09 bits per heavy atom. The fourth-order valence-corrected chi connectivity index (χ4v) is 6.25. The predicted molar refractivity (Wildman–Crippen MR) is 178 cm³/mol. The molecular formula is C35H48NO10S+. The van der Waals surface area contributed by atoms with Crippen LogP contribution in [0.4, 0.5) is 0 Å². The molecule has 2 atom stereocenters. The monoisotopic (exact) mass is 674 g/mol. The van der Waals surface area contributed by atoms with Crippen LogP contribution in [0.2, 0.25) is 0 Å². The fourth-order valence-electron chi connectivity index (χ4n) is 5.75. The molecule has 0 aromatic heterocycles. The largest absolute Gasteiger partial charge is 0.493 e. The molecule has 0 saturated heterocycles. The van der Waals surface area contributed by atoms with Crippen LogP contribution in [0.15, 0.2) is 65.6 Å². The summed E-state index contributed by atoms with van der Waals surface area (Å²) < 4.78 is 57.6. The Labute approximate surface area is 278 Å². The molecule has 11 nitrogen and oxygen atoms in total. The standard InChI is InChI=1S/C29H42NO7.C6H6O3S/c1-30(14-12-29(32)37-16-8-6-7-15-31)13-11-22-19-27(35-4)28(36-5)20-23(22)24(30)17-21-9-10-25(33-2)26(18-21)34-3;7-10(8,9)6-4-2-1-3-5-6/h9-10,18-20,24,31H,6-8,11-17H2,1-5H3;1-5H,(H,7,8,9)/q+1;/t24-,30+;/m0./s1. The molecule has 3 aromatic carbocycles. The number of fused-ring (bicyclic) bond motifs is 1. The molecule has 12 heteroatoms. The first kappa shape index (κ1) is 37.6. The van der Waals surface area contributed by atoms with Gasteiger partial charge in [0.15, 0.2) is 23.0 Å². The van der Waals surface area contributed by atoms with Gasteiger partial charge in [0.05, 0.1) is 66.5 Å². The second kappa shape index (κ2) is 17.9. The number of carbonyl (C=O) groups is 1. The molecule has 4 rings (SSSR count). The van der Waals surface area contributed by atoms with Crippen LogP contribution < -0.4 is 18.9 Å². The van der Waals surface area contributed by atoms with E-state index in [2.05, 4.69) is 25.2 Å². The van der Waals surface area contributed by atoms with E-state index in [1.807, 2.05) is 12.1 Å². The topological polar surface area (TPSA) is 138 Å². The van der Waals surface area contributed by atoms with E-state index in [-0.39, 0.29) is 23.5 Å². The number of carbonyl (C=O) groups excluding carboxylic acids is 1. The van der Waals surface area contributed by atoms with Gasteiger partial charge in [0.25, 0.3) is 10.1 Å². The zero-order valence-electron chi connectivity index (χ0n) is 27.9. The van der Waals surface area contributed by atoms with Crippen LogP contribution in [0.3, 0.4) is 0 Å². The van der Waals surface area contributed by atoms with Gasteiger partial charge >= 0.3 is 5.97 Å². The maximum atomic E-state index is 12.6. The average molecular weight is 675 g/mol. The van der Waals surface area contributed by atoms with E-state index in [1.54, 1.807) is 46.6 Å². The van der Waals surface area contributed by atoms with E-state index in [0.717, 1.165) is 50.0 Å². The third-order valence-corrected chi connectivity index (χ3v) is 9.33. The van der Waals surface area contributed by atoms with Gasteiger partial charge in [-0.15, -0.1) is 0 Å². The molecule has 0 aliphatic carbocycles. The van der Waals surface area contributed by atoms with Crippen molar-refractivity contribution >= 4 is 16.1 Å². The third kappa shape index (κ3) is 10.6. The highest BCUT2D eigenvalue weighted by atomic mass is 32.2. The van der Waals surface area contributed by atoms with E-state index < -0.39 is 10.1 Å². The second-order valence-corrected chi connectivity index (χ2v) is 13.0. The zero-order chi connectivity index (χ0) is 34.5. The molecule has 0 fully saturated rings. The SMILES string of the molecule is COc1ccc(C[C@H]2c3cc(OC)c(OC)cc3CC[N@+]2(C)CCC(=O)OCCCCCO)cc1OC.O=S(=O)(O)c1ccccc1. The quantitative estimate of drug-likeness (QED) is 0.0977. The van der Waals surface area contributed by atoms with Gasteiger partial charge < -0.3 is 33.3 Å². The van der Waals surface area contributed by atoms with Crippen molar-refractivity contribution < 1.29 is 51.0 Å². The maximum absolute atomic E-state index is 12.6. The summed E-state index contributed by atoms with van der Waals surface area (Å²) in [6.07, 6.45) is 4.35. The minimum Gasteiger partial charge on any atom is -0.493 e. The summed E-state index contributed by atoms with van der Waals surface area (Å²) >= 11 is 0. The lowest BCUT2D eigenvalue weighted by molar-refractivity contribution is -0.940. The normalized spacial score (nSPS) is 17.0. The number of ether oxygens (including phenoxy) is 5. The van der Waals surface area contributed by atoms with E-state index in [0.29, 0.717) is 41.3 Å². The molecule has 1 heterocycles. The Morgan fingerprint density at radius 1 is 0.851 bits per heavy atom. The van der Waals surface area contributed by atoms with Crippen molar-refractivity contribution in [3.8, 4) is 23.0 Å². The highest BCUT2D eigenvalue weighted by Gasteiger charge is 2.40. The number of nitrogens with zero attached hydrogens (tertiary/aromatic N) is 1. The highest BCUT2D eigenvalue weighted by Crippen LogP contribution is 2.43. The Kier molecular flexibility index (Phi) is 14.3. The summed E-state index contributed by atoms with van der Waals surface area (Å²) in [5, 5.41) is 8.91. The number of unbranched alkanes of at least 4 members (excludes halogenated alkanes) is 2. The molecule has 3 aromatic rings. The molecule has 258 valence electrons. The van der Waals surface area contributed by atoms with Gasteiger partial charge in [0, 0.05) is 25.0 Å². The Balaban J connectivity index is 0.000000511. The van der Waals surface area contributed by atoms with Gasteiger partial charge in [-0.2, -0.15) is 8.42 Å². The van der Waals surface area contributed by atoms with Crippen molar-refractivity contribution in [1.82, 2.24) is 0 Å². The maximum Gasteiger partial charge on any atom is 0.311 e. The molecule has 2 N–H and O–H groups in total. The number of esters is 1. The number of aliphatic hydroxyl groups excluding tert-OH is 1. The molecule has 0 radical (unpaired) electrons. The van der Waals surface area contributed by atoms with Crippen molar-refractivity contribution in [2.75, 3.05) is 61.8 Å². The summed E-state index contributed by atoms with van der Waals surface area (Å²) in [5.74, 6) is 2.65. The minimum atomic E-state index is -4.00. The molecular weight excluding hydrogens is 626 g/mol. The van der Waals surface area contributed by atoms with Crippen LogP contribution >= 0.6 is 0 Å². The lowest BCUT2D eigenvalue weighted by Crippen LogP contribution is -2.53. The lowest BCUT2D eigenvalue weighted by atomic mass is 9.86. The number of hydrogen-bond acceptors (Lipinski definition) is 9.